The van der Waals surface area contributed by atoms with E-state index in [0.29, 0.717) is 18.1 Å². The fourth-order valence-corrected chi connectivity index (χ4v) is 1.83. The lowest BCUT2D eigenvalue weighted by atomic mass is 10.3. The van der Waals surface area contributed by atoms with E-state index in [-0.39, 0.29) is 4.99 Å². The topological polar surface area (TPSA) is 72.9 Å². The van der Waals surface area contributed by atoms with Gasteiger partial charge >= 0.3 is 0 Å². The highest BCUT2D eigenvalue weighted by molar-refractivity contribution is 7.80. The van der Waals surface area contributed by atoms with Crippen molar-refractivity contribution in [2.75, 3.05) is 11.9 Å². The Kier molecular flexibility index (Phi) is 3.52. The van der Waals surface area contributed by atoms with Gasteiger partial charge in [-0.1, -0.05) is 12.2 Å². The first-order valence-corrected chi connectivity index (χ1v) is 5.78. The Bertz CT molecular complexity index is 564. The molecule has 0 aliphatic heterocycles. The molecule has 2 aromatic heterocycles. The van der Waals surface area contributed by atoms with E-state index in [1.807, 2.05) is 31.4 Å². The van der Waals surface area contributed by atoms with Gasteiger partial charge in [-0.05, 0) is 0 Å². The molecule has 0 bridgehead atoms. The monoisotopic (exact) mass is 262 g/mol. The number of hydrogen-bond donors (Lipinski definition) is 1. The van der Waals surface area contributed by atoms with Crippen LogP contribution in [0, 0.1) is 0 Å². The van der Waals surface area contributed by atoms with Crippen LogP contribution in [0.5, 0.6) is 0 Å². The van der Waals surface area contributed by atoms with Crippen molar-refractivity contribution in [1.82, 2.24) is 19.7 Å². The summed E-state index contributed by atoms with van der Waals surface area (Å²) in [6.45, 7) is 0.669. The van der Waals surface area contributed by atoms with Gasteiger partial charge in [0.05, 0.1) is 6.20 Å². The Morgan fingerprint density at radius 2 is 2.17 bits per heavy atom. The quantitative estimate of drug-likeness (QED) is 0.808. The summed E-state index contributed by atoms with van der Waals surface area (Å²) in [6.07, 6.45) is 6.97. The van der Waals surface area contributed by atoms with Crippen LogP contribution in [-0.4, -0.2) is 31.8 Å². The summed E-state index contributed by atoms with van der Waals surface area (Å²) in [7, 11) is 3.80. The molecule has 0 amide bonds. The first kappa shape index (κ1) is 12.4. The van der Waals surface area contributed by atoms with Crippen LogP contribution in [0.25, 0.3) is 0 Å². The number of rotatable bonds is 4. The molecule has 2 aromatic rings. The summed E-state index contributed by atoms with van der Waals surface area (Å²) in [4.78, 5) is 10.6. The van der Waals surface area contributed by atoms with Crippen molar-refractivity contribution in [1.29, 1.82) is 0 Å². The normalized spacial score (nSPS) is 10.3. The standard InChI is InChI=1S/C11H14N6S/c1-16(6-8-5-15-17(2)7-8)11-9(10(12)18)13-3-4-14-11/h3-5,7H,6H2,1-2H3,(H2,12,18). The van der Waals surface area contributed by atoms with Crippen LogP contribution in [-0.2, 0) is 13.6 Å². The average Bonchev–Trinajstić information content (AvgIpc) is 2.74. The number of thiocarbonyl (C=S) groups is 1. The average molecular weight is 262 g/mol. The maximum absolute atomic E-state index is 5.64. The molecule has 2 rings (SSSR count). The van der Waals surface area contributed by atoms with Gasteiger partial charge in [0.1, 0.15) is 10.7 Å². The van der Waals surface area contributed by atoms with Crippen LogP contribution in [0.2, 0.25) is 0 Å². The molecule has 7 heteroatoms. The van der Waals surface area contributed by atoms with Gasteiger partial charge in [-0.15, -0.1) is 0 Å². The molecule has 0 radical (unpaired) electrons. The van der Waals surface area contributed by atoms with Gasteiger partial charge in [0.2, 0.25) is 0 Å². The van der Waals surface area contributed by atoms with E-state index in [4.69, 9.17) is 18.0 Å². The molecular formula is C11H14N6S. The molecule has 0 saturated carbocycles. The van der Waals surface area contributed by atoms with Gasteiger partial charge in [0.15, 0.2) is 5.82 Å². The van der Waals surface area contributed by atoms with Crippen molar-refractivity contribution >= 4 is 23.0 Å². The van der Waals surface area contributed by atoms with Gasteiger partial charge in [-0.2, -0.15) is 5.10 Å². The molecule has 0 fully saturated rings. The first-order chi connectivity index (χ1) is 8.58. The summed E-state index contributed by atoms with van der Waals surface area (Å²) in [6, 6.07) is 0. The lowest BCUT2D eigenvalue weighted by Gasteiger charge is -2.19. The Hall–Kier alpha value is -2.02. The van der Waals surface area contributed by atoms with Crippen LogP contribution in [0.3, 0.4) is 0 Å². The van der Waals surface area contributed by atoms with Gasteiger partial charge < -0.3 is 10.6 Å². The minimum atomic E-state index is 0.246. The fourth-order valence-electron chi connectivity index (χ4n) is 1.69. The minimum Gasteiger partial charge on any atom is -0.388 e. The predicted molar refractivity (Wildman–Crippen MR) is 73.2 cm³/mol. The third kappa shape index (κ3) is 2.62. The lowest BCUT2D eigenvalue weighted by molar-refractivity contribution is 0.766. The molecule has 6 nitrogen and oxygen atoms in total. The molecule has 0 unspecified atom stereocenters. The summed E-state index contributed by atoms with van der Waals surface area (Å²) in [5.74, 6) is 0.675. The smallest absolute Gasteiger partial charge is 0.157 e. The summed E-state index contributed by atoms with van der Waals surface area (Å²) >= 11 is 4.97. The highest BCUT2D eigenvalue weighted by Gasteiger charge is 2.13. The highest BCUT2D eigenvalue weighted by atomic mass is 32.1. The van der Waals surface area contributed by atoms with Crippen molar-refractivity contribution in [2.24, 2.45) is 12.8 Å². The predicted octanol–water partition coefficient (Wildman–Crippen LogP) is 0.481. The zero-order chi connectivity index (χ0) is 13.1. The number of aromatic nitrogens is 4. The van der Waals surface area contributed by atoms with Crippen molar-refractivity contribution in [2.45, 2.75) is 6.54 Å². The molecule has 0 spiro atoms. The molecular weight excluding hydrogens is 248 g/mol. The number of nitrogens with zero attached hydrogens (tertiary/aromatic N) is 5. The van der Waals surface area contributed by atoms with E-state index in [2.05, 4.69) is 15.1 Å². The lowest BCUT2D eigenvalue weighted by Crippen LogP contribution is -2.23. The second-order valence-electron chi connectivity index (χ2n) is 3.97. The summed E-state index contributed by atoms with van der Waals surface area (Å²) in [5, 5.41) is 4.12. The van der Waals surface area contributed by atoms with E-state index in [0.717, 1.165) is 5.56 Å². The molecule has 94 valence electrons. The van der Waals surface area contributed by atoms with Crippen molar-refractivity contribution < 1.29 is 0 Å². The second kappa shape index (κ2) is 5.09. The zero-order valence-electron chi connectivity index (χ0n) is 10.2. The maximum atomic E-state index is 5.64. The van der Waals surface area contributed by atoms with Crippen molar-refractivity contribution in [3.05, 3.63) is 36.0 Å². The van der Waals surface area contributed by atoms with Crippen LogP contribution >= 0.6 is 12.2 Å². The van der Waals surface area contributed by atoms with Gasteiger partial charge in [0, 0.05) is 44.8 Å². The third-order valence-electron chi connectivity index (χ3n) is 2.45. The van der Waals surface area contributed by atoms with Gasteiger partial charge in [-0.25, -0.2) is 9.97 Å². The highest BCUT2D eigenvalue weighted by Crippen LogP contribution is 2.15. The van der Waals surface area contributed by atoms with E-state index >= 15 is 0 Å². The van der Waals surface area contributed by atoms with Crippen LogP contribution in [0.1, 0.15) is 11.3 Å². The number of aryl methyl sites for hydroxylation is 1. The molecule has 0 aromatic carbocycles. The van der Waals surface area contributed by atoms with E-state index in [9.17, 15) is 0 Å². The van der Waals surface area contributed by atoms with Gasteiger partial charge in [-0.3, -0.25) is 4.68 Å². The summed E-state index contributed by atoms with van der Waals surface area (Å²) in [5.41, 5.74) is 7.26. The molecule has 18 heavy (non-hydrogen) atoms. The molecule has 2 N–H and O–H groups in total. The third-order valence-corrected chi connectivity index (χ3v) is 2.65. The van der Waals surface area contributed by atoms with Crippen LogP contribution in [0.15, 0.2) is 24.8 Å². The van der Waals surface area contributed by atoms with Crippen molar-refractivity contribution in [3.8, 4) is 0 Å². The van der Waals surface area contributed by atoms with Crippen LogP contribution in [0.4, 0.5) is 5.82 Å². The maximum Gasteiger partial charge on any atom is 0.157 e. The minimum absolute atomic E-state index is 0.246. The molecule has 0 aliphatic carbocycles. The Morgan fingerprint density at radius 3 is 2.78 bits per heavy atom. The number of anilines is 1. The van der Waals surface area contributed by atoms with Crippen LogP contribution < -0.4 is 10.6 Å². The Morgan fingerprint density at radius 1 is 1.44 bits per heavy atom. The molecule has 0 aliphatic rings. The molecule has 2 heterocycles. The second-order valence-corrected chi connectivity index (χ2v) is 4.41. The molecule has 0 atom stereocenters. The largest absolute Gasteiger partial charge is 0.388 e. The fraction of sp³-hybridized carbons (Fsp3) is 0.273. The Labute approximate surface area is 110 Å². The number of nitrogens with two attached hydrogens (primary N) is 1. The van der Waals surface area contributed by atoms with Crippen molar-refractivity contribution in [3.63, 3.8) is 0 Å². The Balaban J connectivity index is 2.23. The SMILES string of the molecule is CN(Cc1cnn(C)c1)c1nccnc1C(N)=S. The first-order valence-electron chi connectivity index (χ1n) is 5.37. The van der Waals surface area contributed by atoms with E-state index < -0.39 is 0 Å². The number of hydrogen-bond acceptors (Lipinski definition) is 5. The zero-order valence-corrected chi connectivity index (χ0v) is 11.1. The van der Waals surface area contributed by atoms with E-state index in [1.54, 1.807) is 17.1 Å². The van der Waals surface area contributed by atoms with E-state index in [1.165, 1.54) is 0 Å². The van der Waals surface area contributed by atoms with Gasteiger partial charge in [0.25, 0.3) is 0 Å². The summed E-state index contributed by atoms with van der Waals surface area (Å²) < 4.78 is 1.76. The molecule has 0 saturated heterocycles.